The van der Waals surface area contributed by atoms with Crippen LogP contribution in [0.15, 0.2) is 60.8 Å². The zero-order valence-corrected chi connectivity index (χ0v) is 18.6. The maximum Gasteiger partial charge on any atom is 0.153 e. The minimum absolute atomic E-state index is 0.519. The number of nitrogens with zero attached hydrogens (tertiary/aromatic N) is 2. The number of anilines is 1. The molecule has 5 aromatic rings. The lowest BCUT2D eigenvalue weighted by Crippen LogP contribution is -2.30. The van der Waals surface area contributed by atoms with Gasteiger partial charge in [-0.3, -0.25) is 5.10 Å². The Kier molecular flexibility index (Phi) is 5.07. The summed E-state index contributed by atoms with van der Waals surface area (Å²) < 4.78 is 0. The summed E-state index contributed by atoms with van der Waals surface area (Å²) in [4.78, 5) is 8.12. The van der Waals surface area contributed by atoms with Gasteiger partial charge in [-0.05, 0) is 65.4 Å². The molecule has 0 spiro atoms. The van der Waals surface area contributed by atoms with Crippen LogP contribution >= 0.6 is 0 Å². The van der Waals surface area contributed by atoms with Crippen LogP contribution in [0.4, 0.5) is 5.82 Å². The third-order valence-corrected chi connectivity index (χ3v) is 6.87. The maximum atomic E-state index is 6.04. The largest absolute Gasteiger partial charge is 0.382 e. The van der Waals surface area contributed by atoms with Gasteiger partial charge < -0.3 is 16.0 Å². The van der Waals surface area contributed by atoms with Gasteiger partial charge in [0, 0.05) is 35.2 Å². The first-order chi connectivity index (χ1) is 16.2. The number of hydrogen-bond acceptors (Lipinski definition) is 4. The van der Waals surface area contributed by atoms with Crippen molar-refractivity contribution in [3.63, 3.8) is 0 Å². The molecule has 166 valence electrons. The Morgan fingerprint density at radius 3 is 2.76 bits per heavy atom. The van der Waals surface area contributed by atoms with E-state index in [0.29, 0.717) is 11.9 Å². The highest BCUT2D eigenvalue weighted by Crippen LogP contribution is 2.33. The Hall–Kier alpha value is -3.64. The number of fused-ring (bicyclic) bond motifs is 2. The lowest BCUT2D eigenvalue weighted by Gasteiger charge is -2.23. The number of H-pyrrole nitrogens is 2. The molecule has 3 aromatic heterocycles. The second-order valence-corrected chi connectivity index (χ2v) is 9.09. The van der Waals surface area contributed by atoms with Crippen LogP contribution in [0.3, 0.4) is 0 Å². The Morgan fingerprint density at radius 1 is 0.939 bits per heavy atom. The molecule has 0 aliphatic heterocycles. The zero-order chi connectivity index (χ0) is 22.2. The molecule has 5 N–H and O–H groups in total. The number of rotatable bonds is 5. The number of pyridine rings is 1. The average molecular weight is 437 g/mol. The number of nitrogen functional groups attached to an aromatic ring is 1. The van der Waals surface area contributed by atoms with E-state index in [-0.39, 0.29) is 0 Å². The van der Waals surface area contributed by atoms with Crippen LogP contribution in [0.5, 0.6) is 0 Å². The van der Waals surface area contributed by atoms with E-state index in [1.165, 1.54) is 43.2 Å². The summed E-state index contributed by atoms with van der Waals surface area (Å²) in [5, 5.41) is 12.9. The fourth-order valence-electron chi connectivity index (χ4n) is 5.05. The summed E-state index contributed by atoms with van der Waals surface area (Å²) >= 11 is 0. The van der Waals surface area contributed by atoms with Crippen molar-refractivity contribution >= 4 is 27.8 Å². The van der Waals surface area contributed by atoms with Crippen molar-refractivity contribution in [2.45, 2.75) is 44.7 Å². The first kappa shape index (κ1) is 20.0. The van der Waals surface area contributed by atoms with Crippen LogP contribution in [-0.4, -0.2) is 26.2 Å². The van der Waals surface area contributed by atoms with Gasteiger partial charge in [0.1, 0.15) is 5.65 Å². The van der Waals surface area contributed by atoms with E-state index in [9.17, 15) is 0 Å². The van der Waals surface area contributed by atoms with Gasteiger partial charge in [0.25, 0.3) is 0 Å². The molecule has 1 fully saturated rings. The van der Waals surface area contributed by atoms with Gasteiger partial charge in [0.15, 0.2) is 5.82 Å². The van der Waals surface area contributed by atoms with Crippen molar-refractivity contribution < 1.29 is 0 Å². The van der Waals surface area contributed by atoms with E-state index in [0.717, 1.165) is 45.3 Å². The zero-order valence-electron chi connectivity index (χ0n) is 18.6. The predicted octanol–water partition coefficient (Wildman–Crippen LogP) is 5.78. The molecule has 0 amide bonds. The third kappa shape index (κ3) is 3.87. The number of hydrogen-bond donors (Lipinski definition) is 4. The number of nitrogens with two attached hydrogens (primary N) is 1. The van der Waals surface area contributed by atoms with Gasteiger partial charge in [-0.25, -0.2) is 4.98 Å². The lowest BCUT2D eigenvalue weighted by molar-refractivity contribution is 0.372. The monoisotopic (exact) mass is 436 g/mol. The Labute approximate surface area is 192 Å². The summed E-state index contributed by atoms with van der Waals surface area (Å²) in [6, 6.07) is 19.9. The first-order valence-corrected chi connectivity index (χ1v) is 11.8. The van der Waals surface area contributed by atoms with Crippen LogP contribution in [0.1, 0.15) is 37.7 Å². The molecule has 0 unspecified atom stereocenters. The highest BCUT2D eigenvalue weighted by Gasteiger charge is 2.14. The summed E-state index contributed by atoms with van der Waals surface area (Å²) in [6.07, 6.45) is 8.53. The summed E-state index contributed by atoms with van der Waals surface area (Å²) in [5.74, 6) is 0.519. The number of nitrogens with one attached hydrogen (secondary N) is 3. The maximum absolute atomic E-state index is 6.04. The van der Waals surface area contributed by atoms with Gasteiger partial charge in [0.05, 0.1) is 5.52 Å². The van der Waals surface area contributed by atoms with Crippen molar-refractivity contribution in [3.8, 4) is 22.4 Å². The fourth-order valence-corrected chi connectivity index (χ4v) is 5.05. The molecule has 3 heterocycles. The van der Waals surface area contributed by atoms with Gasteiger partial charge in [-0.2, -0.15) is 5.10 Å². The molecule has 0 bridgehead atoms. The van der Waals surface area contributed by atoms with Crippen molar-refractivity contribution in [2.24, 2.45) is 0 Å². The summed E-state index contributed by atoms with van der Waals surface area (Å²) in [5.41, 5.74) is 13.6. The normalized spacial score (nSPS) is 14.9. The number of aromatic amines is 2. The molecule has 1 aliphatic carbocycles. The summed E-state index contributed by atoms with van der Waals surface area (Å²) in [7, 11) is 0. The Morgan fingerprint density at radius 2 is 1.85 bits per heavy atom. The minimum Gasteiger partial charge on any atom is -0.382 e. The topological polar surface area (TPSA) is 95.4 Å². The van der Waals surface area contributed by atoms with Gasteiger partial charge >= 0.3 is 0 Å². The molecule has 6 rings (SSSR count). The van der Waals surface area contributed by atoms with Gasteiger partial charge in [0.2, 0.25) is 0 Å². The summed E-state index contributed by atoms with van der Waals surface area (Å²) in [6.45, 7) is 0.911. The highest BCUT2D eigenvalue weighted by molar-refractivity contribution is 5.99. The van der Waals surface area contributed by atoms with Crippen molar-refractivity contribution in [1.82, 2.24) is 25.5 Å². The molecule has 0 radical (unpaired) electrons. The van der Waals surface area contributed by atoms with E-state index in [4.69, 9.17) is 5.73 Å². The molecule has 33 heavy (non-hydrogen) atoms. The SMILES string of the molecule is Nc1n[nH]c2ccc(-c3ccnc4[nH]c(-c5cccc(CNC6CCCCC6)c5)cc34)cc12. The molecule has 1 saturated carbocycles. The standard InChI is InChI=1S/C27H28N6/c28-26-23-14-18(9-10-24(23)32-33-26)21-11-12-29-27-22(21)15-25(31-27)19-6-4-5-17(13-19)16-30-20-7-2-1-3-8-20/h4-6,9-15,20,30H,1-3,7-8,16H2,(H,29,31)(H3,28,32,33). The molecule has 0 saturated heterocycles. The third-order valence-electron chi connectivity index (χ3n) is 6.87. The molecule has 1 aliphatic rings. The van der Waals surface area contributed by atoms with Crippen molar-refractivity contribution in [3.05, 3.63) is 66.4 Å². The van der Waals surface area contributed by atoms with Crippen LogP contribution in [0.25, 0.3) is 44.3 Å². The molecule has 0 atom stereocenters. The average Bonchev–Trinajstić information content (AvgIpc) is 3.47. The second-order valence-electron chi connectivity index (χ2n) is 9.09. The van der Waals surface area contributed by atoms with Crippen molar-refractivity contribution in [1.29, 1.82) is 0 Å². The Bertz CT molecular complexity index is 1420. The van der Waals surface area contributed by atoms with E-state index in [1.807, 2.05) is 12.3 Å². The van der Waals surface area contributed by atoms with Crippen LogP contribution in [0, 0.1) is 0 Å². The fraction of sp³-hybridized carbons (Fsp3) is 0.259. The quantitative estimate of drug-likeness (QED) is 0.281. The van der Waals surface area contributed by atoms with Crippen molar-refractivity contribution in [2.75, 3.05) is 5.73 Å². The van der Waals surface area contributed by atoms with Crippen LogP contribution in [-0.2, 0) is 6.54 Å². The molecule has 2 aromatic carbocycles. The minimum atomic E-state index is 0.519. The predicted molar refractivity (Wildman–Crippen MR) is 135 cm³/mol. The molecular formula is C27H28N6. The molecule has 6 nitrogen and oxygen atoms in total. The highest BCUT2D eigenvalue weighted by atomic mass is 15.1. The molecule has 6 heteroatoms. The van der Waals surface area contributed by atoms with E-state index in [1.54, 1.807) is 0 Å². The van der Waals surface area contributed by atoms with Crippen LogP contribution < -0.4 is 11.1 Å². The smallest absolute Gasteiger partial charge is 0.153 e. The van der Waals surface area contributed by atoms with E-state index < -0.39 is 0 Å². The Balaban J connectivity index is 1.32. The van der Waals surface area contributed by atoms with E-state index >= 15 is 0 Å². The number of benzene rings is 2. The molecular weight excluding hydrogens is 408 g/mol. The number of aromatic nitrogens is 4. The first-order valence-electron chi connectivity index (χ1n) is 11.8. The lowest BCUT2D eigenvalue weighted by atomic mass is 9.95. The van der Waals surface area contributed by atoms with Gasteiger partial charge in [-0.15, -0.1) is 0 Å². The van der Waals surface area contributed by atoms with Crippen LogP contribution in [0.2, 0.25) is 0 Å². The second kappa shape index (κ2) is 8.37. The van der Waals surface area contributed by atoms with Gasteiger partial charge in [-0.1, -0.05) is 43.5 Å². The van der Waals surface area contributed by atoms with E-state index in [2.05, 4.69) is 74.0 Å².